The minimum atomic E-state index is -1.58. The Morgan fingerprint density at radius 2 is 1.00 bits per heavy atom. The van der Waals surface area contributed by atoms with Crippen LogP contribution in [0.4, 0.5) is 0 Å². The molecule has 360 valence electrons. The van der Waals surface area contributed by atoms with Crippen LogP contribution < -0.4 is 5.32 Å². The highest BCUT2D eigenvalue weighted by molar-refractivity contribution is 5.76. The summed E-state index contributed by atoms with van der Waals surface area (Å²) < 4.78 is 11.2. The molecule has 1 fully saturated rings. The minimum absolute atomic E-state index is 0.200. The summed E-state index contributed by atoms with van der Waals surface area (Å²) in [5.41, 5.74) is 0. The van der Waals surface area contributed by atoms with E-state index in [-0.39, 0.29) is 12.5 Å². The zero-order chi connectivity index (χ0) is 45.9. The second-order valence-electron chi connectivity index (χ2n) is 16.9. The van der Waals surface area contributed by atoms with Crippen LogP contribution in [0.5, 0.6) is 0 Å². The molecule has 9 nitrogen and oxygen atoms in total. The molecule has 0 radical (unpaired) electrons. The summed E-state index contributed by atoms with van der Waals surface area (Å²) in [7, 11) is 0. The van der Waals surface area contributed by atoms with Crippen LogP contribution in [-0.4, -0.2) is 87.5 Å². The summed E-state index contributed by atoms with van der Waals surface area (Å²) in [4.78, 5) is 13.0. The zero-order valence-electron chi connectivity index (χ0n) is 39.5. The highest BCUT2D eigenvalue weighted by Crippen LogP contribution is 2.22. The second kappa shape index (κ2) is 43.0. The molecule has 0 aromatic carbocycles. The number of unbranched alkanes of at least 4 members (excludes halogenated alkanes) is 16. The summed E-state index contributed by atoms with van der Waals surface area (Å²) in [6.07, 6.45) is 54.6. The van der Waals surface area contributed by atoms with Gasteiger partial charge in [0.15, 0.2) is 6.29 Å². The van der Waals surface area contributed by atoms with Crippen molar-refractivity contribution in [1.29, 1.82) is 0 Å². The van der Waals surface area contributed by atoms with Crippen LogP contribution in [0.25, 0.3) is 0 Å². The molecule has 1 aliphatic rings. The predicted octanol–water partition coefficient (Wildman–Crippen LogP) is 11.3. The normalized spacial score (nSPS) is 21.0. The number of amides is 1. The Morgan fingerprint density at radius 3 is 1.52 bits per heavy atom. The monoisotopic (exact) mass is 882 g/mol. The van der Waals surface area contributed by atoms with Crippen LogP contribution in [0.15, 0.2) is 97.2 Å². The molecule has 1 heterocycles. The first-order valence-corrected chi connectivity index (χ1v) is 25.0. The molecule has 1 saturated heterocycles. The van der Waals surface area contributed by atoms with Crippen molar-refractivity contribution in [1.82, 2.24) is 5.32 Å². The van der Waals surface area contributed by atoms with Crippen molar-refractivity contribution < 1.29 is 39.8 Å². The number of nitrogens with one attached hydrogen (secondary N) is 1. The van der Waals surface area contributed by atoms with Gasteiger partial charge in [0.2, 0.25) is 5.91 Å². The number of hydrogen-bond acceptors (Lipinski definition) is 8. The number of hydrogen-bond donors (Lipinski definition) is 6. The maximum Gasteiger partial charge on any atom is 0.220 e. The minimum Gasteiger partial charge on any atom is -0.394 e. The van der Waals surface area contributed by atoms with E-state index in [0.717, 1.165) is 96.3 Å². The van der Waals surface area contributed by atoms with Crippen LogP contribution in [0, 0.1) is 0 Å². The van der Waals surface area contributed by atoms with E-state index >= 15 is 0 Å². The molecule has 9 heteroatoms. The van der Waals surface area contributed by atoms with E-state index in [0.29, 0.717) is 6.42 Å². The highest BCUT2D eigenvalue weighted by Gasteiger charge is 2.44. The first-order chi connectivity index (χ1) is 30.8. The van der Waals surface area contributed by atoms with E-state index in [1.165, 1.54) is 64.2 Å². The molecule has 0 saturated carbocycles. The summed E-state index contributed by atoms with van der Waals surface area (Å²) in [5, 5.41) is 54.2. The lowest BCUT2D eigenvalue weighted by molar-refractivity contribution is -0.302. The lowest BCUT2D eigenvalue weighted by Gasteiger charge is -2.40. The van der Waals surface area contributed by atoms with Gasteiger partial charge in [0.05, 0.1) is 25.4 Å². The van der Waals surface area contributed by atoms with E-state index in [4.69, 9.17) is 9.47 Å². The Kier molecular flexibility index (Phi) is 39.7. The molecule has 1 aliphatic heterocycles. The van der Waals surface area contributed by atoms with Gasteiger partial charge in [-0.15, -0.1) is 0 Å². The molecule has 6 N–H and O–H groups in total. The zero-order valence-corrected chi connectivity index (χ0v) is 39.5. The fraction of sp³-hybridized carbons (Fsp3) is 0.685. The molecular weight excluding hydrogens is 791 g/mol. The molecule has 0 aliphatic carbocycles. The van der Waals surface area contributed by atoms with Crippen molar-refractivity contribution in [3.05, 3.63) is 97.2 Å². The molecule has 0 bridgehead atoms. The van der Waals surface area contributed by atoms with E-state index in [1.54, 1.807) is 6.08 Å². The predicted molar refractivity (Wildman–Crippen MR) is 262 cm³/mol. The van der Waals surface area contributed by atoms with Crippen LogP contribution in [0.1, 0.15) is 181 Å². The molecule has 7 atom stereocenters. The Bertz CT molecular complexity index is 1300. The van der Waals surface area contributed by atoms with Crippen molar-refractivity contribution in [2.45, 2.75) is 224 Å². The smallest absolute Gasteiger partial charge is 0.220 e. The van der Waals surface area contributed by atoms with Gasteiger partial charge in [0.25, 0.3) is 0 Å². The Labute approximate surface area is 383 Å². The van der Waals surface area contributed by atoms with Crippen molar-refractivity contribution >= 4 is 5.91 Å². The third-order valence-corrected chi connectivity index (χ3v) is 11.1. The number of aliphatic hydroxyl groups is 5. The number of ether oxygens (including phenoxy) is 2. The first-order valence-electron chi connectivity index (χ1n) is 25.0. The summed E-state index contributed by atoms with van der Waals surface area (Å²) in [5.74, 6) is -0.200. The van der Waals surface area contributed by atoms with Gasteiger partial charge in [-0.1, -0.05) is 182 Å². The topological polar surface area (TPSA) is 149 Å². The van der Waals surface area contributed by atoms with Crippen LogP contribution >= 0.6 is 0 Å². The highest BCUT2D eigenvalue weighted by atomic mass is 16.7. The van der Waals surface area contributed by atoms with Crippen LogP contribution in [0.3, 0.4) is 0 Å². The van der Waals surface area contributed by atoms with Gasteiger partial charge in [0.1, 0.15) is 24.4 Å². The van der Waals surface area contributed by atoms with E-state index in [1.807, 2.05) is 6.08 Å². The quantitative estimate of drug-likeness (QED) is 0.0263. The van der Waals surface area contributed by atoms with Gasteiger partial charge in [-0.05, 0) is 89.9 Å². The van der Waals surface area contributed by atoms with Gasteiger partial charge < -0.3 is 40.3 Å². The molecule has 1 rings (SSSR count). The summed E-state index contributed by atoms with van der Waals surface area (Å²) in [6.45, 7) is 3.58. The number of aliphatic hydroxyl groups excluding tert-OH is 5. The molecule has 7 unspecified atom stereocenters. The van der Waals surface area contributed by atoms with Gasteiger partial charge in [-0.3, -0.25) is 4.79 Å². The summed E-state index contributed by atoms with van der Waals surface area (Å²) in [6, 6.07) is -0.834. The van der Waals surface area contributed by atoms with E-state index < -0.39 is 49.5 Å². The third-order valence-electron chi connectivity index (χ3n) is 11.1. The van der Waals surface area contributed by atoms with Crippen molar-refractivity contribution in [3.63, 3.8) is 0 Å². The largest absolute Gasteiger partial charge is 0.394 e. The number of allylic oxidation sites excluding steroid dienone is 15. The number of carbonyl (C=O) groups excluding carboxylic acids is 1. The Morgan fingerprint density at radius 1 is 0.556 bits per heavy atom. The van der Waals surface area contributed by atoms with E-state index in [2.05, 4.69) is 104 Å². The number of rotatable bonds is 40. The average Bonchev–Trinajstić information content (AvgIpc) is 3.28. The maximum absolute atomic E-state index is 13.0. The molecular formula is C54H91NO8. The Balaban J connectivity index is 2.27. The van der Waals surface area contributed by atoms with Crippen molar-refractivity contribution in [3.8, 4) is 0 Å². The SMILES string of the molecule is CC/C=C\C/C=C\C/C=C\C/C=C\C/C=C\CCCCCCCCCCCCCC(=O)NC(COC1OC(CO)C(O)C(O)C1O)C(O)/C=C/CC/C=C/CC/C=C/CCCCC. The molecule has 0 spiro atoms. The van der Waals surface area contributed by atoms with Crippen LogP contribution in [0.2, 0.25) is 0 Å². The lowest BCUT2D eigenvalue weighted by Crippen LogP contribution is -2.60. The second-order valence-corrected chi connectivity index (χ2v) is 16.9. The van der Waals surface area contributed by atoms with Crippen molar-refractivity contribution in [2.24, 2.45) is 0 Å². The van der Waals surface area contributed by atoms with Gasteiger partial charge in [-0.25, -0.2) is 0 Å². The summed E-state index contributed by atoms with van der Waals surface area (Å²) >= 11 is 0. The van der Waals surface area contributed by atoms with E-state index in [9.17, 15) is 30.3 Å². The molecule has 0 aromatic heterocycles. The molecule has 1 amide bonds. The maximum atomic E-state index is 13.0. The standard InChI is InChI=1S/C54H91NO8/c1-3-5-7-9-11-13-15-17-18-19-20-21-22-23-24-25-26-27-28-29-30-32-34-36-38-40-42-44-50(58)55-47(46-62-54-53(61)52(60)51(59)49(45-56)63-54)48(57)43-41-39-37-35-33-31-16-14-12-10-8-6-4-2/h5,7,11-14,17-18,20-21,23-24,33,35,41,43,47-49,51-54,56-57,59-61H,3-4,6,8-10,15-16,19,22,25-32,34,36-40,42,44-46H2,1-2H3,(H,55,58)/b7-5-,13-11-,14-12+,18-17-,21-20-,24-23-,35-33+,43-41+. The van der Waals surface area contributed by atoms with Crippen molar-refractivity contribution in [2.75, 3.05) is 13.2 Å². The lowest BCUT2D eigenvalue weighted by atomic mass is 9.99. The average molecular weight is 882 g/mol. The first kappa shape index (κ1) is 58.1. The number of carbonyl (C=O) groups is 1. The molecule has 63 heavy (non-hydrogen) atoms. The van der Waals surface area contributed by atoms with Gasteiger partial charge in [0, 0.05) is 6.42 Å². The Hall–Kier alpha value is -2.89. The van der Waals surface area contributed by atoms with Gasteiger partial charge >= 0.3 is 0 Å². The van der Waals surface area contributed by atoms with Gasteiger partial charge in [-0.2, -0.15) is 0 Å². The van der Waals surface area contributed by atoms with Crippen LogP contribution in [-0.2, 0) is 14.3 Å². The fourth-order valence-electron chi connectivity index (χ4n) is 7.15. The third kappa shape index (κ3) is 33.3. The fourth-order valence-corrected chi connectivity index (χ4v) is 7.15. The molecule has 0 aromatic rings.